The number of carbonyl (C=O) groups is 5. The molecular formula is C50H52N2O6. The van der Waals surface area contributed by atoms with Crippen LogP contribution in [0.1, 0.15) is 168 Å². The largest absolute Gasteiger partial charge is 0.478 e. The summed E-state index contributed by atoms with van der Waals surface area (Å²) in [4.78, 5) is 71.9. The molecule has 0 saturated carbocycles. The molecule has 4 amide bonds. The Bertz CT molecular complexity index is 2450. The highest BCUT2D eigenvalue weighted by atomic mass is 16.4. The zero-order valence-electron chi connectivity index (χ0n) is 33.7. The molecule has 0 radical (unpaired) electrons. The number of fused-ring (bicyclic) bond motifs is 2. The van der Waals surface area contributed by atoms with E-state index in [1.807, 2.05) is 36.4 Å². The maximum absolute atomic E-state index is 14.6. The van der Waals surface area contributed by atoms with Gasteiger partial charge in [0.15, 0.2) is 0 Å². The number of carboxylic acids is 1. The van der Waals surface area contributed by atoms with Crippen molar-refractivity contribution >= 4 is 78.4 Å². The van der Waals surface area contributed by atoms with E-state index in [9.17, 15) is 29.1 Å². The molecule has 2 aliphatic rings. The number of nitrogens with zero attached hydrogens (tertiary/aromatic N) is 2. The summed E-state index contributed by atoms with van der Waals surface area (Å²) in [5.41, 5.74) is 1.94. The van der Waals surface area contributed by atoms with Crippen LogP contribution in [0.15, 0.2) is 72.8 Å². The number of carboxylic acid groups (broad SMARTS) is 1. The third-order valence-electron chi connectivity index (χ3n) is 12.7. The number of anilines is 1. The predicted molar refractivity (Wildman–Crippen MR) is 232 cm³/mol. The van der Waals surface area contributed by atoms with Gasteiger partial charge in [-0.05, 0) is 87.6 Å². The SMILES string of the molecule is CCCCCCCCCC(CCCCCCCCC)N1C(=O)c2ccc3c4ccc5c6c(ccc(c7ccc(c2c37)C1=O)c64)C(=O)N(c1cccc(C(=O)O)c1)C5=O. The van der Waals surface area contributed by atoms with E-state index in [4.69, 9.17) is 0 Å². The Balaban J connectivity index is 1.15. The summed E-state index contributed by atoms with van der Waals surface area (Å²) in [6.45, 7) is 4.46. The first-order valence-electron chi connectivity index (χ1n) is 21.6. The Hall–Kier alpha value is -5.63. The van der Waals surface area contributed by atoms with Crippen molar-refractivity contribution in [3.8, 4) is 0 Å². The highest BCUT2D eigenvalue weighted by molar-refractivity contribution is 6.43. The molecule has 8 rings (SSSR count). The maximum atomic E-state index is 14.6. The zero-order valence-corrected chi connectivity index (χ0v) is 33.7. The van der Waals surface area contributed by atoms with E-state index in [2.05, 4.69) is 13.8 Å². The fourth-order valence-corrected chi connectivity index (χ4v) is 9.71. The van der Waals surface area contributed by atoms with Crippen LogP contribution < -0.4 is 4.90 Å². The smallest absolute Gasteiger partial charge is 0.335 e. The van der Waals surface area contributed by atoms with Gasteiger partial charge in [-0.2, -0.15) is 0 Å². The van der Waals surface area contributed by atoms with Gasteiger partial charge in [0, 0.05) is 39.1 Å². The van der Waals surface area contributed by atoms with Crippen LogP contribution in [0.4, 0.5) is 5.69 Å². The molecule has 0 fully saturated rings. The van der Waals surface area contributed by atoms with Gasteiger partial charge in [0.05, 0.1) is 11.3 Å². The lowest BCUT2D eigenvalue weighted by atomic mass is 9.82. The Kier molecular flexibility index (Phi) is 11.3. The van der Waals surface area contributed by atoms with E-state index in [1.54, 1.807) is 23.1 Å². The molecule has 58 heavy (non-hydrogen) atoms. The van der Waals surface area contributed by atoms with Gasteiger partial charge in [-0.3, -0.25) is 24.1 Å². The number of benzene rings is 6. The Morgan fingerprint density at radius 3 is 1.31 bits per heavy atom. The molecular weight excluding hydrogens is 725 g/mol. The summed E-state index contributed by atoms with van der Waals surface area (Å²) in [5, 5.41) is 15.8. The molecule has 0 saturated heterocycles. The predicted octanol–water partition coefficient (Wildman–Crippen LogP) is 12.5. The molecule has 0 aliphatic carbocycles. The first-order valence-corrected chi connectivity index (χ1v) is 21.6. The second-order valence-corrected chi connectivity index (χ2v) is 16.4. The van der Waals surface area contributed by atoms with Crippen LogP contribution >= 0.6 is 0 Å². The van der Waals surface area contributed by atoms with Crippen molar-refractivity contribution in [3.63, 3.8) is 0 Å². The van der Waals surface area contributed by atoms with Gasteiger partial charge in [-0.1, -0.05) is 134 Å². The summed E-state index contributed by atoms with van der Waals surface area (Å²) in [7, 11) is 0. The molecule has 298 valence electrons. The molecule has 0 bridgehead atoms. The molecule has 0 atom stereocenters. The average Bonchev–Trinajstić information content (AvgIpc) is 3.23. The van der Waals surface area contributed by atoms with Gasteiger partial charge in [-0.25, -0.2) is 9.69 Å². The van der Waals surface area contributed by atoms with Gasteiger partial charge in [0.2, 0.25) is 0 Å². The van der Waals surface area contributed by atoms with E-state index in [0.29, 0.717) is 33.0 Å². The molecule has 8 heteroatoms. The summed E-state index contributed by atoms with van der Waals surface area (Å²) >= 11 is 0. The Labute approximate surface area is 339 Å². The summed E-state index contributed by atoms with van der Waals surface area (Å²) in [5.74, 6) is -2.66. The summed E-state index contributed by atoms with van der Waals surface area (Å²) in [6.07, 6.45) is 18.1. The normalized spacial score (nSPS) is 14.1. The van der Waals surface area contributed by atoms with E-state index >= 15 is 0 Å². The molecule has 6 aromatic carbocycles. The fraction of sp³-hybridized carbons (Fsp3) is 0.380. The first-order chi connectivity index (χ1) is 28.3. The minimum Gasteiger partial charge on any atom is -0.478 e. The van der Waals surface area contributed by atoms with Gasteiger partial charge < -0.3 is 5.11 Å². The number of rotatable bonds is 19. The quantitative estimate of drug-likeness (QED) is 0.0379. The van der Waals surface area contributed by atoms with Gasteiger partial charge in [-0.15, -0.1) is 0 Å². The number of aromatic carboxylic acids is 1. The van der Waals surface area contributed by atoms with Crippen LogP contribution in [0.25, 0.3) is 43.1 Å². The monoisotopic (exact) mass is 776 g/mol. The number of carbonyl (C=O) groups excluding carboxylic acids is 4. The topological polar surface area (TPSA) is 112 Å². The fourth-order valence-electron chi connectivity index (χ4n) is 9.71. The minimum atomic E-state index is -1.15. The molecule has 0 aromatic heterocycles. The van der Waals surface area contributed by atoms with Crippen LogP contribution in [-0.2, 0) is 0 Å². The number of amides is 4. The van der Waals surface area contributed by atoms with Crippen LogP contribution in [0.3, 0.4) is 0 Å². The van der Waals surface area contributed by atoms with Gasteiger partial charge in [0.1, 0.15) is 0 Å². The molecule has 0 unspecified atom stereocenters. The highest BCUT2D eigenvalue weighted by Gasteiger charge is 2.39. The second kappa shape index (κ2) is 16.7. The number of unbranched alkanes of at least 4 members (excludes halogenated alkanes) is 12. The van der Waals surface area contributed by atoms with Crippen molar-refractivity contribution in [2.45, 2.75) is 123 Å². The summed E-state index contributed by atoms with van der Waals surface area (Å²) in [6, 6.07) is 20.5. The van der Waals surface area contributed by atoms with Gasteiger partial charge in [0.25, 0.3) is 23.6 Å². The van der Waals surface area contributed by atoms with Crippen molar-refractivity contribution in [2.75, 3.05) is 4.90 Å². The molecule has 0 spiro atoms. The average molecular weight is 777 g/mol. The van der Waals surface area contributed by atoms with Gasteiger partial charge >= 0.3 is 5.97 Å². The first kappa shape index (κ1) is 39.2. The Morgan fingerprint density at radius 2 is 0.897 bits per heavy atom. The highest BCUT2D eigenvalue weighted by Crippen LogP contribution is 2.47. The van der Waals surface area contributed by atoms with Crippen molar-refractivity contribution in [3.05, 3.63) is 101 Å². The van der Waals surface area contributed by atoms with Crippen molar-refractivity contribution in [1.82, 2.24) is 4.90 Å². The summed E-state index contributed by atoms with van der Waals surface area (Å²) < 4.78 is 0. The Morgan fingerprint density at radius 1 is 0.500 bits per heavy atom. The lowest BCUT2D eigenvalue weighted by Gasteiger charge is -2.35. The molecule has 1 N–H and O–H groups in total. The molecule has 2 heterocycles. The lowest BCUT2D eigenvalue weighted by molar-refractivity contribution is 0.0515. The molecule has 8 nitrogen and oxygen atoms in total. The van der Waals surface area contributed by atoms with E-state index in [1.165, 1.54) is 82.4 Å². The van der Waals surface area contributed by atoms with E-state index < -0.39 is 17.8 Å². The van der Waals surface area contributed by atoms with Crippen LogP contribution in [0, 0.1) is 0 Å². The lowest BCUT2D eigenvalue weighted by Crippen LogP contribution is -2.47. The van der Waals surface area contributed by atoms with Crippen LogP contribution in [0.2, 0.25) is 0 Å². The van der Waals surface area contributed by atoms with Crippen molar-refractivity contribution in [2.24, 2.45) is 0 Å². The van der Waals surface area contributed by atoms with Crippen LogP contribution in [0.5, 0.6) is 0 Å². The second-order valence-electron chi connectivity index (χ2n) is 16.4. The van der Waals surface area contributed by atoms with Crippen LogP contribution in [-0.4, -0.2) is 45.6 Å². The third-order valence-corrected chi connectivity index (χ3v) is 12.7. The van der Waals surface area contributed by atoms with E-state index in [0.717, 1.165) is 75.7 Å². The zero-order chi connectivity index (χ0) is 40.5. The molecule has 2 aliphatic heterocycles. The number of hydrogen-bond acceptors (Lipinski definition) is 5. The van der Waals surface area contributed by atoms with E-state index in [-0.39, 0.29) is 29.1 Å². The molecule has 6 aromatic rings. The minimum absolute atomic E-state index is 0.0253. The van der Waals surface area contributed by atoms with Crippen molar-refractivity contribution in [1.29, 1.82) is 0 Å². The van der Waals surface area contributed by atoms with Crippen molar-refractivity contribution < 1.29 is 29.1 Å². The standard InChI is InChI=1S/C50H52N2O6/c1-3-5-7-9-11-13-15-19-32(20-16-14-12-10-8-6-4-2)51-46(53)38-26-22-34-36-24-28-40-45-41(49(56)52(48(40)55)33-21-17-18-31(30-33)50(57)58)29-25-37(43(36)45)35-23-27-39(47(51)54)44(38)42(34)35/h17-18,21-30,32H,3-16,19-20H2,1-2H3,(H,57,58). The number of hydrogen-bond donors (Lipinski definition) is 1. The third kappa shape index (κ3) is 6.80. The number of imide groups is 2. The maximum Gasteiger partial charge on any atom is 0.335 e.